The number of hydrogen-bond donors (Lipinski definition) is 2. The fraction of sp³-hybridized carbons (Fsp3) is 0.429. The van der Waals surface area contributed by atoms with E-state index in [1.54, 1.807) is 0 Å². The van der Waals surface area contributed by atoms with Crippen molar-refractivity contribution >= 4 is 5.91 Å². The third-order valence-electron chi connectivity index (χ3n) is 3.07. The lowest BCUT2D eigenvalue weighted by Crippen LogP contribution is -2.33. The van der Waals surface area contributed by atoms with Crippen LogP contribution in [0.15, 0.2) is 24.3 Å². The van der Waals surface area contributed by atoms with E-state index in [4.69, 9.17) is 11.1 Å². The molecule has 0 aliphatic carbocycles. The molecule has 3 N–H and O–H groups in total. The van der Waals surface area contributed by atoms with E-state index in [2.05, 4.69) is 16.4 Å². The van der Waals surface area contributed by atoms with Crippen LogP contribution in [0.25, 0.3) is 0 Å². The summed E-state index contributed by atoms with van der Waals surface area (Å²) < 4.78 is 0. The molecule has 1 aromatic rings. The smallest absolute Gasteiger partial charge is 0.241 e. The van der Waals surface area contributed by atoms with E-state index in [9.17, 15) is 4.79 Å². The van der Waals surface area contributed by atoms with Crippen LogP contribution in [0.1, 0.15) is 30.4 Å². The maximum atomic E-state index is 11.4. The summed E-state index contributed by atoms with van der Waals surface area (Å²) in [6, 6.07) is 10.0. The van der Waals surface area contributed by atoms with Gasteiger partial charge in [-0.2, -0.15) is 5.26 Å². The van der Waals surface area contributed by atoms with Crippen molar-refractivity contribution in [3.05, 3.63) is 35.4 Å². The summed E-state index contributed by atoms with van der Waals surface area (Å²) >= 11 is 0. The molecule has 0 heterocycles. The van der Waals surface area contributed by atoms with E-state index in [1.165, 1.54) is 0 Å². The second-order valence-electron chi connectivity index (χ2n) is 4.62. The third kappa shape index (κ3) is 4.70. The van der Waals surface area contributed by atoms with Gasteiger partial charge in [-0.15, -0.1) is 0 Å². The minimum absolute atomic E-state index is 0.195. The van der Waals surface area contributed by atoms with Gasteiger partial charge in [0.15, 0.2) is 0 Å². The molecule has 0 spiro atoms. The first-order chi connectivity index (χ1) is 9.08. The molecule has 0 bridgehead atoms. The number of carbonyl (C=O) groups excluding carboxylic acids is 1. The molecule has 0 radical (unpaired) electrons. The predicted octanol–water partition coefficient (Wildman–Crippen LogP) is 1.13. The van der Waals surface area contributed by atoms with E-state index in [0.717, 1.165) is 24.2 Å². The highest BCUT2D eigenvalue weighted by Gasteiger charge is 2.13. The zero-order chi connectivity index (χ0) is 14.3. The highest BCUT2D eigenvalue weighted by molar-refractivity contribution is 5.82. The van der Waals surface area contributed by atoms with E-state index in [0.29, 0.717) is 6.42 Å². The van der Waals surface area contributed by atoms with Crippen LogP contribution in [-0.4, -0.2) is 24.4 Å². The van der Waals surface area contributed by atoms with Crippen molar-refractivity contribution in [3.8, 4) is 6.07 Å². The molecule has 1 rings (SSSR count). The number of nitrogens with two attached hydrogens (primary N) is 1. The van der Waals surface area contributed by atoms with Gasteiger partial charge in [0.1, 0.15) is 0 Å². The van der Waals surface area contributed by atoms with Gasteiger partial charge in [0.25, 0.3) is 0 Å². The lowest BCUT2D eigenvalue weighted by molar-refractivity contribution is -0.122. The molecule has 0 aliphatic heterocycles. The van der Waals surface area contributed by atoms with E-state index in [1.807, 2.05) is 38.2 Å². The molecule has 19 heavy (non-hydrogen) atoms. The standard InChI is InChI=1S/C14H20N4O/c1-11(14(19)17-16)13-6-4-12(5-7-13)10-18(2)9-3-8-15/h4-7,11H,3,9-10,16H2,1-2H3,(H,17,19). The fourth-order valence-electron chi connectivity index (χ4n) is 1.82. The van der Waals surface area contributed by atoms with Crippen LogP contribution in [0.3, 0.4) is 0 Å². The van der Waals surface area contributed by atoms with Crippen molar-refractivity contribution in [2.75, 3.05) is 13.6 Å². The molecule has 5 heteroatoms. The molecule has 1 atom stereocenters. The number of carbonyl (C=O) groups is 1. The monoisotopic (exact) mass is 260 g/mol. The van der Waals surface area contributed by atoms with Crippen molar-refractivity contribution in [1.29, 1.82) is 5.26 Å². The largest absolute Gasteiger partial charge is 0.301 e. The van der Waals surface area contributed by atoms with Crippen LogP contribution in [-0.2, 0) is 11.3 Å². The van der Waals surface area contributed by atoms with Crippen LogP contribution >= 0.6 is 0 Å². The van der Waals surface area contributed by atoms with Crippen molar-refractivity contribution in [1.82, 2.24) is 10.3 Å². The van der Waals surface area contributed by atoms with Gasteiger partial charge in [0, 0.05) is 19.5 Å². The Kier molecular flexibility index (Phi) is 6.00. The summed E-state index contributed by atoms with van der Waals surface area (Å²) in [5.74, 6) is 4.67. The predicted molar refractivity (Wildman–Crippen MR) is 73.8 cm³/mol. The molecule has 0 saturated heterocycles. The lowest BCUT2D eigenvalue weighted by Gasteiger charge is -2.16. The Bertz CT molecular complexity index is 450. The Labute approximate surface area is 114 Å². The van der Waals surface area contributed by atoms with Crippen LogP contribution in [0.2, 0.25) is 0 Å². The molecule has 5 nitrogen and oxygen atoms in total. The number of nitriles is 1. The van der Waals surface area contributed by atoms with Crippen LogP contribution in [0, 0.1) is 11.3 Å². The molecule has 0 aromatic heterocycles. The lowest BCUT2D eigenvalue weighted by atomic mass is 9.99. The van der Waals surface area contributed by atoms with Gasteiger partial charge in [0.05, 0.1) is 12.0 Å². The number of hydrazine groups is 1. The average molecular weight is 260 g/mol. The first-order valence-corrected chi connectivity index (χ1v) is 6.23. The summed E-state index contributed by atoms with van der Waals surface area (Å²) in [6.07, 6.45) is 0.530. The molecular formula is C14H20N4O. The first kappa shape index (κ1) is 15.2. The molecule has 0 aliphatic rings. The summed E-state index contributed by atoms with van der Waals surface area (Å²) in [7, 11) is 1.98. The summed E-state index contributed by atoms with van der Waals surface area (Å²) in [5, 5.41) is 8.53. The number of rotatable bonds is 6. The Morgan fingerprint density at radius 3 is 2.63 bits per heavy atom. The maximum absolute atomic E-state index is 11.4. The van der Waals surface area contributed by atoms with Gasteiger partial charge in [-0.1, -0.05) is 24.3 Å². The third-order valence-corrected chi connectivity index (χ3v) is 3.07. The Balaban J connectivity index is 2.61. The Morgan fingerprint density at radius 2 is 2.11 bits per heavy atom. The number of benzene rings is 1. The van der Waals surface area contributed by atoms with E-state index in [-0.39, 0.29) is 11.8 Å². The normalized spacial score (nSPS) is 11.9. The fourth-order valence-corrected chi connectivity index (χ4v) is 1.82. The zero-order valence-electron chi connectivity index (χ0n) is 11.4. The molecule has 0 fully saturated rings. The van der Waals surface area contributed by atoms with E-state index >= 15 is 0 Å². The van der Waals surface area contributed by atoms with Gasteiger partial charge in [-0.05, 0) is 25.1 Å². The number of nitrogens with zero attached hydrogens (tertiary/aromatic N) is 2. The zero-order valence-corrected chi connectivity index (χ0v) is 11.4. The molecule has 102 valence electrons. The minimum atomic E-state index is -0.254. The number of nitrogens with one attached hydrogen (secondary N) is 1. The summed E-state index contributed by atoms with van der Waals surface area (Å²) in [6.45, 7) is 3.36. The number of amides is 1. The average Bonchev–Trinajstić information content (AvgIpc) is 2.44. The molecule has 1 unspecified atom stereocenters. The molecule has 0 saturated carbocycles. The first-order valence-electron chi connectivity index (χ1n) is 6.23. The number of hydrogen-bond acceptors (Lipinski definition) is 4. The molecule has 1 amide bonds. The van der Waals surface area contributed by atoms with Crippen molar-refractivity contribution in [2.45, 2.75) is 25.8 Å². The minimum Gasteiger partial charge on any atom is -0.301 e. The van der Waals surface area contributed by atoms with Crippen LogP contribution < -0.4 is 11.3 Å². The Hall–Kier alpha value is -1.90. The quantitative estimate of drug-likeness (QED) is 0.456. The second-order valence-corrected chi connectivity index (χ2v) is 4.62. The van der Waals surface area contributed by atoms with E-state index < -0.39 is 0 Å². The van der Waals surface area contributed by atoms with Crippen molar-refractivity contribution in [3.63, 3.8) is 0 Å². The second kappa shape index (κ2) is 7.52. The Morgan fingerprint density at radius 1 is 1.47 bits per heavy atom. The van der Waals surface area contributed by atoms with Crippen molar-refractivity contribution < 1.29 is 4.79 Å². The molecule has 1 aromatic carbocycles. The van der Waals surface area contributed by atoms with Gasteiger partial charge < -0.3 is 4.90 Å². The van der Waals surface area contributed by atoms with Crippen molar-refractivity contribution in [2.24, 2.45) is 5.84 Å². The highest BCUT2D eigenvalue weighted by Crippen LogP contribution is 2.16. The van der Waals surface area contributed by atoms with Gasteiger partial charge in [0.2, 0.25) is 5.91 Å². The topological polar surface area (TPSA) is 82.2 Å². The summed E-state index contributed by atoms with van der Waals surface area (Å²) in [5.41, 5.74) is 4.25. The maximum Gasteiger partial charge on any atom is 0.241 e. The highest BCUT2D eigenvalue weighted by atomic mass is 16.2. The SMILES string of the molecule is CC(C(=O)NN)c1ccc(CN(C)CCC#N)cc1. The van der Waals surface area contributed by atoms with Gasteiger partial charge in [-0.25, -0.2) is 5.84 Å². The molecular weight excluding hydrogens is 240 g/mol. The van der Waals surface area contributed by atoms with Gasteiger partial charge in [-0.3, -0.25) is 10.2 Å². The van der Waals surface area contributed by atoms with Gasteiger partial charge >= 0.3 is 0 Å². The summed E-state index contributed by atoms with van der Waals surface area (Å²) in [4.78, 5) is 13.5. The van der Waals surface area contributed by atoms with Crippen LogP contribution in [0.5, 0.6) is 0 Å². The van der Waals surface area contributed by atoms with Crippen LogP contribution in [0.4, 0.5) is 0 Å².